The normalized spacial score (nSPS) is 23.4. The summed E-state index contributed by atoms with van der Waals surface area (Å²) in [6, 6.07) is 1.34. The van der Waals surface area contributed by atoms with E-state index in [1.165, 1.54) is 16.8 Å². The van der Waals surface area contributed by atoms with Crippen LogP contribution in [0.4, 0.5) is 0 Å². The van der Waals surface area contributed by atoms with Crippen LogP contribution in [0.25, 0.3) is 0 Å². The minimum Gasteiger partial charge on any atom is -0.416 e. The zero-order valence-corrected chi connectivity index (χ0v) is 23.5. The number of nitrogens with zero attached hydrogens (tertiary/aromatic N) is 1. The van der Waals surface area contributed by atoms with Gasteiger partial charge < -0.3 is 13.6 Å². The number of aromatic nitrogens is 2. The maximum absolute atomic E-state index is 12.3. The molecule has 0 saturated carbocycles. The molecule has 10 heteroatoms. The molecule has 7 nitrogen and oxygen atoms in total. The second kappa shape index (κ2) is 9.30. The van der Waals surface area contributed by atoms with Gasteiger partial charge >= 0.3 is 5.69 Å². The first-order valence-electron chi connectivity index (χ1n) is 10.8. The lowest BCUT2D eigenvalue weighted by Crippen LogP contribution is -2.46. The molecule has 1 aliphatic rings. The molecule has 3 atom stereocenters. The third kappa shape index (κ3) is 6.45. The van der Waals surface area contributed by atoms with E-state index in [-0.39, 0.29) is 21.4 Å². The fourth-order valence-corrected chi connectivity index (χ4v) is 5.97. The summed E-state index contributed by atoms with van der Waals surface area (Å²) in [5.74, 6) is 0. The van der Waals surface area contributed by atoms with Crippen molar-refractivity contribution in [1.82, 2.24) is 9.55 Å². The Labute approximate surface area is 192 Å². The standard InChI is InChI=1S/C21H40N2O5SSi2/c1-20(2,3)30(7,8)26-13-15-16(14-27-31(9,10)21(4,5)6)29-19(28-15)23-12-11-17(24)22-18(23)25/h11-12,15-16,19H,13-14H2,1-10H3,(H,22,24,25)/t15-,16-,19+/m1/s1. The van der Waals surface area contributed by atoms with E-state index in [9.17, 15) is 9.59 Å². The van der Waals surface area contributed by atoms with Gasteiger partial charge in [0.15, 0.2) is 22.2 Å². The Morgan fingerprint density at radius 2 is 1.52 bits per heavy atom. The molecule has 0 spiro atoms. The average Bonchev–Trinajstić information content (AvgIpc) is 2.99. The van der Waals surface area contributed by atoms with Crippen LogP contribution in [0.3, 0.4) is 0 Å². The Balaban J connectivity index is 2.21. The van der Waals surface area contributed by atoms with E-state index < -0.39 is 33.4 Å². The first kappa shape index (κ1) is 26.6. The molecule has 0 aromatic carbocycles. The second-order valence-corrected chi connectivity index (χ2v) is 22.2. The molecule has 178 valence electrons. The molecule has 1 N–H and O–H groups in total. The zero-order chi connectivity index (χ0) is 23.8. The van der Waals surface area contributed by atoms with Crippen molar-refractivity contribution in [2.75, 3.05) is 13.2 Å². The Morgan fingerprint density at radius 1 is 1.00 bits per heavy atom. The summed E-state index contributed by atoms with van der Waals surface area (Å²) in [5.41, 5.74) is -1.41. The van der Waals surface area contributed by atoms with Crippen LogP contribution in [-0.4, -0.2) is 50.8 Å². The summed E-state index contributed by atoms with van der Waals surface area (Å²) in [7, 11) is -3.88. The number of rotatable bonds is 7. The third-order valence-corrected chi connectivity index (χ3v) is 17.3. The van der Waals surface area contributed by atoms with Crippen molar-refractivity contribution < 1.29 is 13.6 Å². The fraction of sp³-hybridized carbons (Fsp3) is 0.810. The summed E-state index contributed by atoms with van der Waals surface area (Å²) >= 11 is 1.55. The Hall–Kier alpha value is -0.656. The topological polar surface area (TPSA) is 82.5 Å². The summed E-state index contributed by atoms with van der Waals surface area (Å²) in [6.07, 6.45) is 1.29. The molecular weight excluding hydrogens is 448 g/mol. The third-order valence-electron chi connectivity index (χ3n) is 6.90. The minimum atomic E-state index is -1.95. The molecule has 1 saturated heterocycles. The number of ether oxygens (including phenoxy) is 1. The molecule has 1 aromatic heterocycles. The number of aromatic amines is 1. The first-order chi connectivity index (χ1) is 13.9. The van der Waals surface area contributed by atoms with Crippen molar-refractivity contribution >= 4 is 28.4 Å². The van der Waals surface area contributed by atoms with Crippen LogP contribution in [0, 0.1) is 0 Å². The first-order valence-corrected chi connectivity index (χ1v) is 17.6. The molecule has 1 fully saturated rings. The van der Waals surface area contributed by atoms with Crippen LogP contribution < -0.4 is 11.2 Å². The van der Waals surface area contributed by atoms with Crippen molar-refractivity contribution in [3.8, 4) is 0 Å². The number of hydrogen-bond donors (Lipinski definition) is 1. The lowest BCUT2D eigenvalue weighted by Gasteiger charge is -2.38. The molecular formula is C21H40N2O5SSi2. The van der Waals surface area contributed by atoms with Crippen molar-refractivity contribution in [1.29, 1.82) is 0 Å². The van der Waals surface area contributed by atoms with Gasteiger partial charge in [-0.15, -0.1) is 0 Å². The maximum Gasteiger partial charge on any atom is 0.331 e. The number of hydrogen-bond acceptors (Lipinski definition) is 6. The SMILES string of the molecule is CC(C)(C)[Si](C)(C)OC[C@H]1O[C@H](n2ccc(=O)[nH]c2=O)S[C@@H]1CO[Si](C)(C)C(C)(C)C. The Morgan fingerprint density at radius 3 is 2.00 bits per heavy atom. The van der Waals surface area contributed by atoms with E-state index in [0.717, 1.165) is 0 Å². The van der Waals surface area contributed by atoms with Crippen LogP contribution in [0.5, 0.6) is 0 Å². The molecule has 0 aliphatic carbocycles. The smallest absolute Gasteiger partial charge is 0.331 e. The van der Waals surface area contributed by atoms with Crippen LogP contribution in [0.1, 0.15) is 47.1 Å². The van der Waals surface area contributed by atoms with Gasteiger partial charge in [0.25, 0.3) is 5.56 Å². The largest absolute Gasteiger partial charge is 0.416 e. The number of thioether (sulfide) groups is 1. The molecule has 1 aliphatic heterocycles. The average molecular weight is 489 g/mol. The summed E-state index contributed by atoms with van der Waals surface area (Å²) in [4.78, 5) is 26.1. The van der Waals surface area contributed by atoms with Gasteiger partial charge in [0, 0.05) is 18.9 Å². The predicted molar refractivity (Wildman–Crippen MR) is 133 cm³/mol. The van der Waals surface area contributed by atoms with E-state index >= 15 is 0 Å². The van der Waals surface area contributed by atoms with Crippen LogP contribution in [-0.2, 0) is 13.6 Å². The van der Waals surface area contributed by atoms with Gasteiger partial charge in [-0.05, 0) is 36.3 Å². The highest BCUT2D eigenvalue weighted by Crippen LogP contribution is 2.43. The Bertz CT molecular complexity index is 832. The van der Waals surface area contributed by atoms with Gasteiger partial charge in [0.1, 0.15) is 0 Å². The van der Waals surface area contributed by atoms with Gasteiger partial charge in [-0.2, -0.15) is 0 Å². The fourth-order valence-electron chi connectivity index (χ4n) is 2.54. The summed E-state index contributed by atoms with van der Waals surface area (Å²) in [6.45, 7) is 23.2. The summed E-state index contributed by atoms with van der Waals surface area (Å²) in [5, 5.41) is 0.239. The van der Waals surface area contributed by atoms with E-state index in [0.29, 0.717) is 13.2 Å². The van der Waals surface area contributed by atoms with E-state index in [2.05, 4.69) is 72.7 Å². The molecule has 0 unspecified atom stereocenters. The van der Waals surface area contributed by atoms with Crippen molar-refractivity contribution in [2.45, 2.75) is 94.7 Å². The summed E-state index contributed by atoms with van der Waals surface area (Å²) < 4.78 is 20.6. The monoisotopic (exact) mass is 488 g/mol. The quantitative estimate of drug-likeness (QED) is 0.568. The molecule has 2 rings (SSSR count). The molecule has 1 aromatic rings. The van der Waals surface area contributed by atoms with Gasteiger partial charge in [-0.25, -0.2) is 4.79 Å². The zero-order valence-electron chi connectivity index (χ0n) is 20.7. The van der Waals surface area contributed by atoms with E-state index in [1.54, 1.807) is 11.8 Å². The van der Waals surface area contributed by atoms with Gasteiger partial charge in [-0.1, -0.05) is 53.3 Å². The van der Waals surface area contributed by atoms with E-state index in [4.69, 9.17) is 13.6 Å². The van der Waals surface area contributed by atoms with Crippen molar-refractivity contribution in [2.24, 2.45) is 0 Å². The lowest BCUT2D eigenvalue weighted by atomic mass is 10.2. The number of nitrogens with one attached hydrogen (secondary N) is 1. The van der Waals surface area contributed by atoms with E-state index in [1.807, 2.05) is 0 Å². The van der Waals surface area contributed by atoms with Gasteiger partial charge in [-0.3, -0.25) is 14.3 Å². The predicted octanol–water partition coefficient (Wildman–Crippen LogP) is 4.54. The second-order valence-electron chi connectivity index (χ2n) is 11.3. The molecule has 2 heterocycles. The lowest BCUT2D eigenvalue weighted by molar-refractivity contribution is -0.0156. The van der Waals surface area contributed by atoms with Crippen molar-refractivity contribution in [3.05, 3.63) is 33.1 Å². The molecule has 0 bridgehead atoms. The Kier molecular flexibility index (Phi) is 7.98. The molecule has 0 radical (unpaired) electrons. The van der Waals surface area contributed by atoms with Gasteiger partial charge in [0.2, 0.25) is 0 Å². The number of H-pyrrole nitrogens is 1. The van der Waals surface area contributed by atoms with Crippen LogP contribution >= 0.6 is 11.8 Å². The van der Waals surface area contributed by atoms with Crippen molar-refractivity contribution in [3.63, 3.8) is 0 Å². The minimum absolute atomic E-state index is 0.0303. The van der Waals surface area contributed by atoms with Crippen LogP contribution in [0.2, 0.25) is 36.3 Å². The van der Waals surface area contributed by atoms with Gasteiger partial charge in [0.05, 0.1) is 18.0 Å². The maximum atomic E-state index is 12.3. The highest BCUT2D eigenvalue weighted by Gasteiger charge is 2.44. The van der Waals surface area contributed by atoms with Crippen LogP contribution in [0.15, 0.2) is 21.9 Å². The highest BCUT2D eigenvalue weighted by atomic mass is 32.2. The molecule has 31 heavy (non-hydrogen) atoms. The molecule has 0 amide bonds. The highest BCUT2D eigenvalue weighted by molar-refractivity contribution is 8.00.